The monoisotopic (exact) mass is 252 g/mol. The van der Waals surface area contributed by atoms with E-state index in [9.17, 15) is 0 Å². The van der Waals surface area contributed by atoms with Crippen LogP contribution in [0, 0.1) is 5.92 Å². The molecular weight excluding hydrogens is 224 g/mol. The van der Waals surface area contributed by atoms with Crippen molar-refractivity contribution in [1.29, 1.82) is 0 Å². The molecule has 3 nitrogen and oxygen atoms in total. The second-order valence-corrected chi connectivity index (χ2v) is 6.55. The molecule has 4 atom stereocenters. The molecule has 4 unspecified atom stereocenters. The first kappa shape index (κ1) is 12.9. The zero-order chi connectivity index (χ0) is 12.4. The molecule has 1 saturated carbocycles. The molecule has 0 bridgehead atoms. The van der Waals surface area contributed by atoms with E-state index in [0.29, 0.717) is 6.04 Å². The highest BCUT2D eigenvalue weighted by atomic mass is 16.5. The molecule has 0 amide bonds. The van der Waals surface area contributed by atoms with Gasteiger partial charge in [-0.3, -0.25) is 4.90 Å². The zero-order valence-corrected chi connectivity index (χ0v) is 11.7. The summed E-state index contributed by atoms with van der Waals surface area (Å²) < 4.78 is 5.49. The normalized spacial score (nSPS) is 41.0. The van der Waals surface area contributed by atoms with E-state index < -0.39 is 0 Å². The molecule has 1 N–H and O–H groups in total. The summed E-state index contributed by atoms with van der Waals surface area (Å²) in [6, 6.07) is 2.21. The van der Waals surface area contributed by atoms with Crippen molar-refractivity contribution in [2.75, 3.05) is 26.8 Å². The number of likely N-dealkylation sites (N-methyl/N-ethyl adjacent to an activating group) is 1. The molecule has 0 aromatic heterocycles. The van der Waals surface area contributed by atoms with Gasteiger partial charge in [-0.15, -0.1) is 0 Å². The first-order chi connectivity index (χ1) is 8.83. The minimum Gasteiger partial charge on any atom is -0.380 e. The summed E-state index contributed by atoms with van der Waals surface area (Å²) in [4.78, 5) is 2.52. The predicted octanol–water partition coefficient (Wildman–Crippen LogP) is 2.02. The van der Waals surface area contributed by atoms with Crippen LogP contribution >= 0.6 is 0 Å². The number of fused-ring (bicyclic) bond motifs is 1. The average molecular weight is 252 g/mol. The Kier molecular flexibility index (Phi) is 4.22. The number of hydrogen-bond acceptors (Lipinski definition) is 3. The number of hydrogen-bond donors (Lipinski definition) is 1. The molecule has 0 spiro atoms. The quantitative estimate of drug-likeness (QED) is 0.831. The standard InChI is InChI=1S/C15H28N2O/c1-17(14-8-9-18-11-14)10-13-7-6-12-4-2-3-5-15(12)16-13/h12-16H,2-11H2,1H3. The van der Waals surface area contributed by atoms with Gasteiger partial charge in [0, 0.05) is 31.3 Å². The van der Waals surface area contributed by atoms with Gasteiger partial charge in [-0.05, 0) is 45.1 Å². The smallest absolute Gasteiger partial charge is 0.0622 e. The fourth-order valence-corrected chi connectivity index (χ4v) is 4.08. The van der Waals surface area contributed by atoms with Gasteiger partial charge in [0.15, 0.2) is 0 Å². The van der Waals surface area contributed by atoms with Crippen LogP contribution in [0.4, 0.5) is 0 Å². The van der Waals surface area contributed by atoms with Crippen molar-refractivity contribution < 1.29 is 4.74 Å². The van der Waals surface area contributed by atoms with E-state index in [-0.39, 0.29) is 0 Å². The maximum atomic E-state index is 5.49. The lowest BCUT2D eigenvalue weighted by Gasteiger charge is -2.42. The van der Waals surface area contributed by atoms with Crippen LogP contribution in [0.25, 0.3) is 0 Å². The molecule has 2 heterocycles. The number of nitrogens with one attached hydrogen (secondary N) is 1. The van der Waals surface area contributed by atoms with Crippen LogP contribution in [-0.2, 0) is 4.74 Å². The Balaban J connectivity index is 1.48. The zero-order valence-electron chi connectivity index (χ0n) is 11.7. The fraction of sp³-hybridized carbons (Fsp3) is 1.00. The second kappa shape index (κ2) is 5.89. The van der Waals surface area contributed by atoms with Gasteiger partial charge in [-0.25, -0.2) is 0 Å². The third-order valence-corrected chi connectivity index (χ3v) is 5.28. The largest absolute Gasteiger partial charge is 0.380 e. The third kappa shape index (κ3) is 2.89. The third-order valence-electron chi connectivity index (χ3n) is 5.28. The van der Waals surface area contributed by atoms with Gasteiger partial charge in [-0.1, -0.05) is 12.8 Å². The molecule has 1 aliphatic carbocycles. The number of piperidine rings is 1. The van der Waals surface area contributed by atoms with Gasteiger partial charge in [0.25, 0.3) is 0 Å². The Hall–Kier alpha value is -0.120. The molecule has 3 rings (SSSR count). The number of nitrogens with zero attached hydrogens (tertiary/aromatic N) is 1. The molecule has 0 radical (unpaired) electrons. The Morgan fingerprint density at radius 3 is 2.83 bits per heavy atom. The summed E-state index contributed by atoms with van der Waals surface area (Å²) in [5, 5.41) is 3.93. The van der Waals surface area contributed by atoms with Crippen molar-refractivity contribution in [2.45, 2.75) is 63.1 Å². The van der Waals surface area contributed by atoms with E-state index in [1.165, 1.54) is 51.5 Å². The van der Waals surface area contributed by atoms with Crippen molar-refractivity contribution in [3.05, 3.63) is 0 Å². The lowest BCUT2D eigenvalue weighted by Crippen LogP contribution is -2.53. The SMILES string of the molecule is CN(CC1CCC2CCCCC2N1)C1CCOC1. The highest BCUT2D eigenvalue weighted by molar-refractivity contribution is 4.91. The summed E-state index contributed by atoms with van der Waals surface area (Å²) >= 11 is 0. The van der Waals surface area contributed by atoms with Crippen molar-refractivity contribution in [3.8, 4) is 0 Å². The molecule has 2 aliphatic heterocycles. The molecule has 3 aliphatic rings. The molecule has 3 heteroatoms. The van der Waals surface area contributed by atoms with E-state index in [0.717, 1.165) is 31.2 Å². The Bertz CT molecular complexity index is 265. The topological polar surface area (TPSA) is 24.5 Å². The molecule has 2 saturated heterocycles. The summed E-state index contributed by atoms with van der Waals surface area (Å²) in [5.74, 6) is 0.982. The van der Waals surface area contributed by atoms with Gasteiger partial charge in [0.2, 0.25) is 0 Å². The molecule has 3 fully saturated rings. The van der Waals surface area contributed by atoms with E-state index in [2.05, 4.69) is 17.3 Å². The first-order valence-corrected chi connectivity index (χ1v) is 7.87. The lowest BCUT2D eigenvalue weighted by atomic mass is 9.77. The van der Waals surface area contributed by atoms with Crippen LogP contribution in [0.5, 0.6) is 0 Å². The van der Waals surface area contributed by atoms with Crippen LogP contribution in [0.15, 0.2) is 0 Å². The maximum Gasteiger partial charge on any atom is 0.0622 e. The highest BCUT2D eigenvalue weighted by Crippen LogP contribution is 2.32. The van der Waals surface area contributed by atoms with Crippen molar-refractivity contribution in [3.63, 3.8) is 0 Å². The van der Waals surface area contributed by atoms with Crippen molar-refractivity contribution in [2.24, 2.45) is 5.92 Å². The maximum absolute atomic E-state index is 5.49. The Morgan fingerprint density at radius 1 is 1.11 bits per heavy atom. The Labute approximate surface area is 111 Å². The predicted molar refractivity (Wildman–Crippen MR) is 73.8 cm³/mol. The number of ether oxygens (including phenoxy) is 1. The first-order valence-electron chi connectivity index (χ1n) is 7.87. The molecule has 104 valence electrons. The van der Waals surface area contributed by atoms with E-state index in [4.69, 9.17) is 4.74 Å². The van der Waals surface area contributed by atoms with E-state index in [1.807, 2.05) is 0 Å². The molecule has 0 aromatic rings. The van der Waals surface area contributed by atoms with Crippen LogP contribution in [-0.4, -0.2) is 49.8 Å². The summed E-state index contributed by atoms with van der Waals surface area (Å²) in [7, 11) is 2.27. The van der Waals surface area contributed by atoms with Crippen LogP contribution < -0.4 is 5.32 Å². The Morgan fingerprint density at radius 2 is 2.00 bits per heavy atom. The highest BCUT2D eigenvalue weighted by Gasteiger charge is 2.32. The van der Waals surface area contributed by atoms with E-state index in [1.54, 1.807) is 0 Å². The van der Waals surface area contributed by atoms with E-state index >= 15 is 0 Å². The molecule has 0 aromatic carbocycles. The summed E-state index contributed by atoms with van der Waals surface area (Å²) in [6.07, 6.45) is 9.83. The molecule has 18 heavy (non-hydrogen) atoms. The van der Waals surface area contributed by atoms with Crippen LogP contribution in [0.3, 0.4) is 0 Å². The van der Waals surface area contributed by atoms with Gasteiger partial charge in [0.1, 0.15) is 0 Å². The minimum absolute atomic E-state index is 0.663. The van der Waals surface area contributed by atoms with Crippen molar-refractivity contribution >= 4 is 0 Å². The summed E-state index contributed by atoms with van der Waals surface area (Å²) in [5.41, 5.74) is 0. The second-order valence-electron chi connectivity index (χ2n) is 6.55. The van der Waals surface area contributed by atoms with Gasteiger partial charge < -0.3 is 10.1 Å². The van der Waals surface area contributed by atoms with Gasteiger partial charge in [0.05, 0.1) is 6.61 Å². The number of rotatable bonds is 3. The van der Waals surface area contributed by atoms with Gasteiger partial charge >= 0.3 is 0 Å². The lowest BCUT2D eigenvalue weighted by molar-refractivity contribution is 0.124. The van der Waals surface area contributed by atoms with Crippen LogP contribution in [0.2, 0.25) is 0 Å². The minimum atomic E-state index is 0.663. The average Bonchev–Trinajstić information content (AvgIpc) is 2.92. The van der Waals surface area contributed by atoms with Crippen molar-refractivity contribution in [1.82, 2.24) is 10.2 Å². The molecular formula is C15H28N2O. The summed E-state index contributed by atoms with van der Waals surface area (Å²) in [6.45, 7) is 3.10. The fourth-order valence-electron chi connectivity index (χ4n) is 4.08. The van der Waals surface area contributed by atoms with Crippen LogP contribution in [0.1, 0.15) is 44.9 Å². The van der Waals surface area contributed by atoms with Gasteiger partial charge in [-0.2, -0.15) is 0 Å².